The van der Waals surface area contributed by atoms with Crippen LogP contribution in [0.1, 0.15) is 28.3 Å². The van der Waals surface area contributed by atoms with Gasteiger partial charge in [0.15, 0.2) is 11.5 Å². The molecule has 0 aliphatic carbocycles. The molecule has 198 valence electrons. The molecule has 1 amide bonds. The summed E-state index contributed by atoms with van der Waals surface area (Å²) in [5, 5.41) is 21.5. The van der Waals surface area contributed by atoms with E-state index in [-0.39, 0.29) is 29.4 Å². The smallest absolute Gasteiger partial charge is 0.295 e. The van der Waals surface area contributed by atoms with Gasteiger partial charge in [-0.3, -0.25) is 9.59 Å². The zero-order valence-electron chi connectivity index (χ0n) is 22.0. The highest BCUT2D eigenvalue weighted by atomic mass is 16.5. The number of nitrogens with zero attached hydrogens (tertiary/aromatic N) is 2. The lowest BCUT2D eigenvalue weighted by molar-refractivity contribution is -0.140. The number of aryl methyl sites for hydroxylation is 1. The topological polar surface area (TPSA) is 99.5 Å². The summed E-state index contributed by atoms with van der Waals surface area (Å²) < 4.78 is 11.2. The highest BCUT2D eigenvalue weighted by Gasteiger charge is 2.46. The van der Waals surface area contributed by atoms with Gasteiger partial charge in [0.1, 0.15) is 18.1 Å². The molecular formula is C30H32N2O6. The number of aliphatic hydroxyl groups excluding tert-OH is 1. The van der Waals surface area contributed by atoms with Crippen LogP contribution in [0.3, 0.4) is 0 Å². The number of aliphatic hydroxyl groups is 1. The SMILES string of the molecule is COc1cc([C@H]2/C(=C(\O)c3ccc(OCc4ccccc4)c(C)c3)C(=O)C(=O)N2CCN(C)C)ccc1O. The van der Waals surface area contributed by atoms with E-state index in [1.165, 1.54) is 18.1 Å². The van der Waals surface area contributed by atoms with E-state index >= 15 is 0 Å². The number of phenolic OH excluding ortho intramolecular Hbond substituents is 1. The summed E-state index contributed by atoms with van der Waals surface area (Å²) in [5.74, 6) is -0.938. The van der Waals surface area contributed by atoms with Crippen molar-refractivity contribution in [2.24, 2.45) is 0 Å². The average molecular weight is 517 g/mol. The van der Waals surface area contributed by atoms with Crippen LogP contribution in [-0.2, 0) is 16.2 Å². The van der Waals surface area contributed by atoms with Crippen molar-refractivity contribution in [1.82, 2.24) is 9.80 Å². The van der Waals surface area contributed by atoms with E-state index in [1.807, 2.05) is 56.3 Å². The van der Waals surface area contributed by atoms with Crippen molar-refractivity contribution in [3.05, 3.63) is 94.6 Å². The molecule has 1 aliphatic rings. The first kappa shape index (κ1) is 26.8. The fourth-order valence-electron chi connectivity index (χ4n) is 4.48. The number of carbonyl (C=O) groups is 2. The number of ketones is 1. The number of likely N-dealkylation sites (N-methyl/N-ethyl adjacent to an activating group) is 1. The Hall–Kier alpha value is -4.30. The van der Waals surface area contributed by atoms with E-state index in [0.717, 1.165) is 11.1 Å². The minimum Gasteiger partial charge on any atom is -0.507 e. The second kappa shape index (κ2) is 11.4. The van der Waals surface area contributed by atoms with Crippen LogP contribution in [0.4, 0.5) is 0 Å². The van der Waals surface area contributed by atoms with Gasteiger partial charge in [0.25, 0.3) is 11.7 Å². The fraction of sp³-hybridized carbons (Fsp3) is 0.267. The van der Waals surface area contributed by atoms with Crippen molar-refractivity contribution in [2.45, 2.75) is 19.6 Å². The molecule has 8 heteroatoms. The number of aromatic hydroxyl groups is 1. The molecule has 8 nitrogen and oxygen atoms in total. The second-order valence-electron chi connectivity index (χ2n) is 9.48. The summed E-state index contributed by atoms with van der Waals surface area (Å²) in [7, 11) is 5.17. The van der Waals surface area contributed by atoms with E-state index in [0.29, 0.717) is 30.0 Å². The van der Waals surface area contributed by atoms with Gasteiger partial charge < -0.3 is 29.5 Å². The number of Topliss-reactive ketones (excluding diaryl/α,β-unsaturated/α-hetero) is 1. The van der Waals surface area contributed by atoms with Crippen LogP contribution in [-0.4, -0.2) is 66.0 Å². The zero-order valence-corrected chi connectivity index (χ0v) is 22.0. The van der Waals surface area contributed by atoms with Crippen molar-refractivity contribution < 1.29 is 29.3 Å². The minimum atomic E-state index is -0.848. The Kier molecular flexibility index (Phi) is 8.02. The van der Waals surface area contributed by atoms with Crippen LogP contribution in [0.5, 0.6) is 17.2 Å². The summed E-state index contributed by atoms with van der Waals surface area (Å²) in [6.07, 6.45) is 0. The standard InChI is InChI=1S/C30H32N2O6/c1-19-16-22(11-13-24(19)38-18-20-8-6-5-7-9-20)28(34)26-27(21-10-12-23(33)25(17-21)37-4)32(15-14-31(2)3)30(36)29(26)35/h5-13,16-17,27,33-34H,14-15,18H2,1-4H3/b28-26+/t27-/m0/s1. The van der Waals surface area contributed by atoms with Crippen LogP contribution in [0.25, 0.3) is 5.76 Å². The number of hydrogen-bond donors (Lipinski definition) is 2. The maximum absolute atomic E-state index is 13.3. The van der Waals surface area contributed by atoms with Crippen molar-refractivity contribution in [2.75, 3.05) is 34.3 Å². The van der Waals surface area contributed by atoms with Gasteiger partial charge in [-0.2, -0.15) is 0 Å². The molecular weight excluding hydrogens is 484 g/mol. The molecule has 3 aromatic carbocycles. The average Bonchev–Trinajstić information content (AvgIpc) is 3.16. The number of phenols is 1. The number of ether oxygens (including phenoxy) is 2. The van der Waals surface area contributed by atoms with Gasteiger partial charge in [0.2, 0.25) is 0 Å². The molecule has 0 spiro atoms. The Bertz CT molecular complexity index is 1370. The first-order valence-electron chi connectivity index (χ1n) is 12.3. The maximum atomic E-state index is 13.3. The number of methoxy groups -OCH3 is 1. The minimum absolute atomic E-state index is 0.0150. The molecule has 0 unspecified atom stereocenters. The Morgan fingerprint density at radius 1 is 1.00 bits per heavy atom. The van der Waals surface area contributed by atoms with Gasteiger partial charge in [-0.1, -0.05) is 36.4 Å². The fourth-order valence-corrected chi connectivity index (χ4v) is 4.48. The molecule has 4 rings (SSSR count). The number of rotatable bonds is 9. The van der Waals surface area contributed by atoms with Gasteiger partial charge in [0.05, 0.1) is 18.7 Å². The first-order valence-corrected chi connectivity index (χ1v) is 12.3. The summed E-state index contributed by atoms with van der Waals surface area (Å²) in [4.78, 5) is 29.7. The van der Waals surface area contributed by atoms with E-state index in [1.54, 1.807) is 30.3 Å². The predicted molar refractivity (Wildman–Crippen MR) is 144 cm³/mol. The van der Waals surface area contributed by atoms with Gasteiger partial charge in [0, 0.05) is 18.7 Å². The largest absolute Gasteiger partial charge is 0.507 e. The van der Waals surface area contributed by atoms with Gasteiger partial charge in [-0.25, -0.2) is 0 Å². The van der Waals surface area contributed by atoms with Crippen molar-refractivity contribution in [3.63, 3.8) is 0 Å². The molecule has 2 N–H and O–H groups in total. The lowest BCUT2D eigenvalue weighted by atomic mass is 9.94. The Labute approximate surface area is 222 Å². The Morgan fingerprint density at radius 3 is 2.39 bits per heavy atom. The number of carbonyl (C=O) groups excluding carboxylic acids is 2. The monoisotopic (exact) mass is 516 g/mol. The molecule has 1 fully saturated rings. The van der Waals surface area contributed by atoms with E-state index in [2.05, 4.69) is 0 Å². The van der Waals surface area contributed by atoms with Crippen LogP contribution in [0.2, 0.25) is 0 Å². The molecule has 1 atom stereocenters. The summed E-state index contributed by atoms with van der Waals surface area (Å²) in [5.41, 5.74) is 2.73. The molecule has 0 saturated carbocycles. The zero-order chi connectivity index (χ0) is 27.4. The third-order valence-corrected chi connectivity index (χ3v) is 6.53. The molecule has 0 radical (unpaired) electrons. The van der Waals surface area contributed by atoms with Gasteiger partial charge in [-0.05, 0) is 68.0 Å². The molecule has 38 heavy (non-hydrogen) atoms. The predicted octanol–water partition coefficient (Wildman–Crippen LogP) is 4.27. The lowest BCUT2D eigenvalue weighted by Crippen LogP contribution is -2.35. The van der Waals surface area contributed by atoms with E-state index in [4.69, 9.17) is 9.47 Å². The quantitative estimate of drug-likeness (QED) is 0.249. The Balaban J connectivity index is 1.73. The van der Waals surface area contributed by atoms with Gasteiger partial charge >= 0.3 is 0 Å². The Morgan fingerprint density at radius 2 is 1.74 bits per heavy atom. The molecule has 1 saturated heterocycles. The molecule has 1 aliphatic heterocycles. The highest BCUT2D eigenvalue weighted by molar-refractivity contribution is 6.46. The summed E-state index contributed by atoms with van der Waals surface area (Å²) >= 11 is 0. The first-order chi connectivity index (χ1) is 18.2. The second-order valence-corrected chi connectivity index (χ2v) is 9.48. The summed E-state index contributed by atoms with van der Waals surface area (Å²) in [6.45, 7) is 3.04. The normalized spacial score (nSPS) is 16.8. The van der Waals surface area contributed by atoms with Crippen LogP contribution < -0.4 is 9.47 Å². The third kappa shape index (κ3) is 5.50. The highest BCUT2D eigenvalue weighted by Crippen LogP contribution is 2.42. The molecule has 0 bridgehead atoms. The van der Waals surface area contributed by atoms with Gasteiger partial charge in [-0.15, -0.1) is 0 Å². The number of benzene rings is 3. The van der Waals surface area contributed by atoms with Crippen LogP contribution in [0, 0.1) is 6.92 Å². The lowest BCUT2D eigenvalue weighted by Gasteiger charge is -2.27. The van der Waals surface area contributed by atoms with E-state index < -0.39 is 17.7 Å². The molecule has 1 heterocycles. The number of hydrogen-bond acceptors (Lipinski definition) is 7. The molecule has 3 aromatic rings. The van der Waals surface area contributed by atoms with Crippen molar-refractivity contribution in [1.29, 1.82) is 0 Å². The van der Waals surface area contributed by atoms with Crippen LogP contribution in [0.15, 0.2) is 72.3 Å². The summed E-state index contributed by atoms with van der Waals surface area (Å²) in [6, 6.07) is 18.7. The van der Waals surface area contributed by atoms with Crippen molar-refractivity contribution >= 4 is 17.4 Å². The maximum Gasteiger partial charge on any atom is 0.295 e. The molecule has 0 aromatic heterocycles. The van der Waals surface area contributed by atoms with Crippen LogP contribution >= 0.6 is 0 Å². The van der Waals surface area contributed by atoms with E-state index in [9.17, 15) is 19.8 Å². The van der Waals surface area contributed by atoms with Crippen molar-refractivity contribution in [3.8, 4) is 17.2 Å². The third-order valence-electron chi connectivity index (χ3n) is 6.53. The number of likely N-dealkylation sites (tertiary alicyclic amines) is 1. The number of amides is 1.